The van der Waals surface area contributed by atoms with Crippen molar-refractivity contribution < 1.29 is 38.2 Å². The van der Waals surface area contributed by atoms with Crippen molar-refractivity contribution in [1.29, 1.82) is 0 Å². The van der Waals surface area contributed by atoms with Crippen molar-refractivity contribution in [3.05, 3.63) is 58.9 Å². The van der Waals surface area contributed by atoms with E-state index in [1.807, 2.05) is 24.0 Å². The summed E-state index contributed by atoms with van der Waals surface area (Å²) in [6.45, 7) is 0. The average Bonchev–Trinajstić information content (AvgIpc) is 2.32. The third-order valence-electron chi connectivity index (χ3n) is 2.21. The Hall–Kier alpha value is -1.70. The summed E-state index contributed by atoms with van der Waals surface area (Å²) < 4.78 is 7.38. The van der Waals surface area contributed by atoms with E-state index in [9.17, 15) is 10.1 Å². The minimum atomic E-state index is -0.447. The van der Waals surface area contributed by atoms with Crippen molar-refractivity contribution in [1.82, 2.24) is 0 Å². The van der Waals surface area contributed by atoms with Crippen molar-refractivity contribution in [2.45, 2.75) is 0 Å². The van der Waals surface area contributed by atoms with Gasteiger partial charge in [0.05, 0.1) is 11.0 Å². The Balaban J connectivity index is 0.00000162. The topological polar surface area (TPSA) is 56.2 Å². The Kier molecular flexibility index (Phi) is 5.02. The molecule has 1 heterocycles. The summed E-state index contributed by atoms with van der Waals surface area (Å²) in [6, 6.07) is 9.68. The van der Waals surface area contributed by atoms with Gasteiger partial charge in [0.1, 0.15) is 18.5 Å². The molecule has 5 nitrogen and oxygen atoms in total. The lowest BCUT2D eigenvalue weighted by molar-refractivity contribution is -0.671. The fourth-order valence-corrected chi connectivity index (χ4v) is 1.35. The highest BCUT2D eigenvalue weighted by Crippen LogP contribution is 2.24. The Bertz CT molecular complexity index is 543. The SMILES string of the molecule is C[n+]1ccc(Oc2cccc([N+](=O)[O-])c2)cc1.[I-]. The summed E-state index contributed by atoms with van der Waals surface area (Å²) in [4.78, 5) is 10.2. The zero-order valence-corrected chi connectivity index (χ0v) is 11.8. The van der Waals surface area contributed by atoms with E-state index in [4.69, 9.17) is 4.74 Å². The van der Waals surface area contributed by atoms with Crippen LogP contribution in [0.1, 0.15) is 0 Å². The highest BCUT2D eigenvalue weighted by atomic mass is 127. The molecule has 6 heteroatoms. The van der Waals surface area contributed by atoms with Gasteiger partial charge in [0.15, 0.2) is 12.4 Å². The predicted octanol–water partition coefficient (Wildman–Crippen LogP) is -0.784. The Morgan fingerprint density at radius 1 is 1.17 bits per heavy atom. The molecule has 18 heavy (non-hydrogen) atoms. The Morgan fingerprint density at radius 3 is 2.44 bits per heavy atom. The van der Waals surface area contributed by atoms with E-state index in [0.717, 1.165) is 0 Å². The van der Waals surface area contributed by atoms with Crippen molar-refractivity contribution in [3.8, 4) is 11.5 Å². The van der Waals surface area contributed by atoms with Crippen LogP contribution in [0.2, 0.25) is 0 Å². The first kappa shape index (κ1) is 14.4. The number of nitro groups is 1. The van der Waals surface area contributed by atoms with E-state index in [1.165, 1.54) is 12.1 Å². The first-order chi connectivity index (χ1) is 8.15. The summed E-state index contributed by atoms with van der Waals surface area (Å²) in [6.07, 6.45) is 3.68. The third kappa shape index (κ3) is 3.66. The van der Waals surface area contributed by atoms with Gasteiger partial charge >= 0.3 is 0 Å². The normalized spacial score (nSPS) is 9.39. The van der Waals surface area contributed by atoms with Gasteiger partial charge < -0.3 is 28.7 Å². The van der Waals surface area contributed by atoms with Crippen LogP contribution in [0, 0.1) is 10.1 Å². The molecule has 0 fully saturated rings. The molecule has 0 amide bonds. The van der Waals surface area contributed by atoms with Crippen LogP contribution in [-0.2, 0) is 7.05 Å². The molecule has 94 valence electrons. The average molecular weight is 358 g/mol. The van der Waals surface area contributed by atoms with Gasteiger partial charge in [-0.2, -0.15) is 0 Å². The summed E-state index contributed by atoms with van der Waals surface area (Å²) in [7, 11) is 1.90. The van der Waals surface area contributed by atoms with Crippen molar-refractivity contribution in [3.63, 3.8) is 0 Å². The number of nitrogens with zero attached hydrogens (tertiary/aromatic N) is 2. The number of halogens is 1. The van der Waals surface area contributed by atoms with Crippen molar-refractivity contribution >= 4 is 5.69 Å². The van der Waals surface area contributed by atoms with Crippen LogP contribution >= 0.6 is 0 Å². The maximum Gasteiger partial charge on any atom is 0.273 e. The van der Waals surface area contributed by atoms with E-state index in [-0.39, 0.29) is 29.7 Å². The van der Waals surface area contributed by atoms with Crippen LogP contribution in [0.3, 0.4) is 0 Å². The van der Waals surface area contributed by atoms with Gasteiger partial charge in [-0.1, -0.05) is 6.07 Å². The largest absolute Gasteiger partial charge is 1.00 e. The Morgan fingerprint density at radius 2 is 1.83 bits per heavy atom. The molecular formula is C12H11IN2O3. The van der Waals surface area contributed by atoms with Gasteiger partial charge in [-0.3, -0.25) is 10.1 Å². The maximum atomic E-state index is 10.6. The number of rotatable bonds is 3. The van der Waals surface area contributed by atoms with E-state index in [1.54, 1.807) is 24.3 Å². The van der Waals surface area contributed by atoms with Gasteiger partial charge in [0.2, 0.25) is 0 Å². The van der Waals surface area contributed by atoms with Gasteiger partial charge in [0, 0.05) is 18.2 Å². The second kappa shape index (κ2) is 6.29. The van der Waals surface area contributed by atoms with Gasteiger partial charge in [-0.05, 0) is 6.07 Å². The molecule has 0 N–H and O–H groups in total. The molecule has 1 aromatic heterocycles. The molecule has 0 aliphatic carbocycles. The summed E-state index contributed by atoms with van der Waals surface area (Å²) in [5.41, 5.74) is 0.0176. The fourth-order valence-electron chi connectivity index (χ4n) is 1.35. The highest BCUT2D eigenvalue weighted by Gasteiger charge is 2.07. The Labute approximate surface area is 121 Å². The van der Waals surface area contributed by atoms with E-state index < -0.39 is 4.92 Å². The number of benzene rings is 1. The molecular weight excluding hydrogens is 347 g/mol. The molecule has 0 radical (unpaired) electrons. The first-order valence-corrected chi connectivity index (χ1v) is 5.03. The predicted molar refractivity (Wildman–Crippen MR) is 60.8 cm³/mol. The van der Waals surface area contributed by atoms with Crippen LogP contribution in [0.15, 0.2) is 48.8 Å². The first-order valence-electron chi connectivity index (χ1n) is 5.03. The molecule has 0 aliphatic heterocycles. The molecule has 1 aromatic carbocycles. The standard InChI is InChI=1S/C12H11N2O3.HI/c1-13-7-5-11(6-8-13)17-12-4-2-3-10(9-12)14(15)16;/h2-9H,1H3;1H/q+1;/p-1. The van der Waals surface area contributed by atoms with Gasteiger partial charge in [-0.15, -0.1) is 0 Å². The minimum Gasteiger partial charge on any atom is -1.00 e. The molecule has 0 saturated heterocycles. The number of hydrogen-bond acceptors (Lipinski definition) is 3. The lowest BCUT2D eigenvalue weighted by atomic mass is 10.3. The minimum absolute atomic E-state index is 0. The summed E-state index contributed by atoms with van der Waals surface area (Å²) in [5.74, 6) is 1.09. The third-order valence-corrected chi connectivity index (χ3v) is 2.21. The quantitative estimate of drug-likeness (QED) is 0.313. The maximum absolute atomic E-state index is 10.6. The van der Waals surface area contributed by atoms with E-state index in [0.29, 0.717) is 11.5 Å². The number of aryl methyl sites for hydroxylation is 1. The summed E-state index contributed by atoms with van der Waals surface area (Å²) >= 11 is 0. The van der Waals surface area contributed by atoms with Crippen molar-refractivity contribution in [2.75, 3.05) is 0 Å². The molecule has 0 spiro atoms. The van der Waals surface area contributed by atoms with Crippen molar-refractivity contribution in [2.24, 2.45) is 7.05 Å². The van der Waals surface area contributed by atoms with Crippen LogP contribution in [0.4, 0.5) is 5.69 Å². The molecule has 2 aromatic rings. The molecule has 0 saturated carbocycles. The molecule has 0 atom stereocenters. The zero-order valence-electron chi connectivity index (χ0n) is 9.62. The highest BCUT2D eigenvalue weighted by molar-refractivity contribution is 5.40. The van der Waals surface area contributed by atoms with Crippen LogP contribution < -0.4 is 33.3 Å². The monoisotopic (exact) mass is 358 g/mol. The molecule has 0 aliphatic rings. The van der Waals surface area contributed by atoms with Crippen LogP contribution in [0.25, 0.3) is 0 Å². The number of aromatic nitrogens is 1. The van der Waals surface area contributed by atoms with E-state index in [2.05, 4.69) is 0 Å². The zero-order chi connectivity index (χ0) is 12.3. The fraction of sp³-hybridized carbons (Fsp3) is 0.0833. The van der Waals surface area contributed by atoms with Crippen LogP contribution in [0.5, 0.6) is 11.5 Å². The molecule has 0 bridgehead atoms. The summed E-state index contributed by atoms with van der Waals surface area (Å²) in [5, 5.41) is 10.6. The molecule has 0 unspecified atom stereocenters. The number of pyridine rings is 1. The lowest BCUT2D eigenvalue weighted by Crippen LogP contribution is -3.00. The van der Waals surface area contributed by atoms with Crippen LogP contribution in [-0.4, -0.2) is 4.92 Å². The lowest BCUT2D eigenvalue weighted by Gasteiger charge is -2.03. The van der Waals surface area contributed by atoms with Gasteiger partial charge in [-0.25, -0.2) is 4.57 Å². The number of nitro benzene ring substituents is 1. The second-order valence-electron chi connectivity index (χ2n) is 3.56. The molecule has 2 rings (SSSR count). The number of non-ortho nitro benzene ring substituents is 1. The number of hydrogen-bond donors (Lipinski definition) is 0. The number of ether oxygens (including phenoxy) is 1. The van der Waals surface area contributed by atoms with E-state index >= 15 is 0 Å². The smallest absolute Gasteiger partial charge is 0.273 e. The second-order valence-corrected chi connectivity index (χ2v) is 3.56. The van der Waals surface area contributed by atoms with Gasteiger partial charge in [0.25, 0.3) is 5.69 Å².